The zero-order valence-corrected chi connectivity index (χ0v) is 15.4. The van der Waals surface area contributed by atoms with Gasteiger partial charge in [-0.1, -0.05) is 17.8 Å². The molecule has 2 amide bonds. The molecule has 0 aliphatic heterocycles. The number of amides is 2. The SMILES string of the molecule is CNC(=O)c1cccc(NC(=O)CSc2nnc(C3CC3)n2C2CC2)c1. The predicted octanol–water partition coefficient (Wildman–Crippen LogP) is 2.58. The Morgan fingerprint density at radius 2 is 2.04 bits per heavy atom. The maximum Gasteiger partial charge on any atom is 0.251 e. The molecule has 2 aliphatic rings. The van der Waals surface area contributed by atoms with Crippen molar-refractivity contribution in [1.29, 1.82) is 0 Å². The summed E-state index contributed by atoms with van der Waals surface area (Å²) in [5.41, 5.74) is 1.12. The van der Waals surface area contributed by atoms with Gasteiger partial charge in [-0.25, -0.2) is 0 Å². The average Bonchev–Trinajstić information content (AvgIpc) is 3.58. The lowest BCUT2D eigenvalue weighted by molar-refractivity contribution is -0.113. The quantitative estimate of drug-likeness (QED) is 0.730. The second-order valence-corrected chi connectivity index (χ2v) is 7.66. The van der Waals surface area contributed by atoms with Crippen LogP contribution in [0.4, 0.5) is 5.69 Å². The van der Waals surface area contributed by atoms with E-state index in [0.29, 0.717) is 23.2 Å². The zero-order valence-electron chi connectivity index (χ0n) is 14.6. The fourth-order valence-corrected chi connectivity index (χ4v) is 3.70. The van der Waals surface area contributed by atoms with Crippen LogP contribution in [-0.2, 0) is 4.79 Å². The van der Waals surface area contributed by atoms with Gasteiger partial charge in [0.1, 0.15) is 5.82 Å². The smallest absolute Gasteiger partial charge is 0.251 e. The molecular formula is C18H21N5O2S. The summed E-state index contributed by atoms with van der Waals surface area (Å²) in [4.78, 5) is 24.0. The van der Waals surface area contributed by atoms with E-state index in [2.05, 4.69) is 25.4 Å². The number of anilines is 1. The number of benzene rings is 1. The fraction of sp³-hybridized carbons (Fsp3) is 0.444. The Labute approximate surface area is 155 Å². The lowest BCUT2D eigenvalue weighted by atomic mass is 10.2. The monoisotopic (exact) mass is 371 g/mol. The minimum atomic E-state index is -0.180. The van der Waals surface area contributed by atoms with Crippen molar-refractivity contribution in [2.24, 2.45) is 0 Å². The van der Waals surface area contributed by atoms with E-state index in [-0.39, 0.29) is 17.6 Å². The van der Waals surface area contributed by atoms with Crippen LogP contribution in [0.1, 0.15) is 53.8 Å². The maximum absolute atomic E-state index is 12.3. The van der Waals surface area contributed by atoms with E-state index in [1.165, 1.54) is 37.4 Å². The van der Waals surface area contributed by atoms with Gasteiger partial charge in [0.25, 0.3) is 5.91 Å². The Hall–Kier alpha value is -2.35. The van der Waals surface area contributed by atoms with Crippen LogP contribution in [0.3, 0.4) is 0 Å². The van der Waals surface area contributed by atoms with Gasteiger partial charge in [-0.05, 0) is 43.9 Å². The second kappa shape index (κ2) is 7.11. The minimum Gasteiger partial charge on any atom is -0.355 e. The first kappa shape index (κ1) is 17.1. The number of nitrogens with one attached hydrogen (secondary N) is 2. The van der Waals surface area contributed by atoms with Crippen LogP contribution in [0, 0.1) is 0 Å². The molecule has 2 N–H and O–H groups in total. The number of nitrogens with zero attached hydrogens (tertiary/aromatic N) is 3. The lowest BCUT2D eigenvalue weighted by Gasteiger charge is -2.09. The first-order valence-corrected chi connectivity index (χ1v) is 9.84. The van der Waals surface area contributed by atoms with Crippen LogP contribution >= 0.6 is 11.8 Å². The summed E-state index contributed by atoms with van der Waals surface area (Å²) < 4.78 is 2.24. The molecule has 0 bridgehead atoms. The van der Waals surface area contributed by atoms with E-state index in [0.717, 1.165) is 11.0 Å². The molecule has 7 nitrogen and oxygen atoms in total. The van der Waals surface area contributed by atoms with Crippen LogP contribution in [-0.4, -0.2) is 39.4 Å². The van der Waals surface area contributed by atoms with Crippen LogP contribution < -0.4 is 10.6 Å². The molecule has 1 aromatic carbocycles. The average molecular weight is 371 g/mol. The summed E-state index contributed by atoms with van der Waals surface area (Å²) in [5, 5.41) is 14.9. The molecule has 2 fully saturated rings. The van der Waals surface area contributed by atoms with Crippen LogP contribution in [0.2, 0.25) is 0 Å². The molecule has 2 aromatic rings. The van der Waals surface area contributed by atoms with Gasteiger partial charge >= 0.3 is 0 Å². The molecule has 4 rings (SSSR count). The summed E-state index contributed by atoms with van der Waals surface area (Å²) in [5.74, 6) is 1.61. The van der Waals surface area contributed by atoms with Crippen molar-refractivity contribution in [3.8, 4) is 0 Å². The molecule has 26 heavy (non-hydrogen) atoms. The highest BCUT2D eigenvalue weighted by molar-refractivity contribution is 7.99. The number of hydrogen-bond donors (Lipinski definition) is 2. The third-order valence-corrected chi connectivity index (χ3v) is 5.46. The number of thioether (sulfide) groups is 1. The van der Waals surface area contributed by atoms with Crippen LogP contribution in [0.25, 0.3) is 0 Å². The molecule has 0 saturated heterocycles. The van der Waals surface area contributed by atoms with Gasteiger partial charge in [-0.2, -0.15) is 0 Å². The number of carbonyl (C=O) groups excluding carboxylic acids is 2. The molecule has 2 aliphatic carbocycles. The van der Waals surface area contributed by atoms with Crippen molar-refractivity contribution >= 4 is 29.3 Å². The zero-order chi connectivity index (χ0) is 18.1. The molecule has 2 saturated carbocycles. The highest BCUT2D eigenvalue weighted by Gasteiger charge is 2.36. The predicted molar refractivity (Wildman–Crippen MR) is 99.5 cm³/mol. The van der Waals surface area contributed by atoms with Crippen molar-refractivity contribution < 1.29 is 9.59 Å². The van der Waals surface area contributed by atoms with E-state index in [1.54, 1.807) is 31.3 Å². The molecule has 8 heteroatoms. The Bertz CT molecular complexity index is 842. The van der Waals surface area contributed by atoms with Crippen LogP contribution in [0.5, 0.6) is 0 Å². The number of hydrogen-bond acceptors (Lipinski definition) is 5. The van der Waals surface area contributed by atoms with Crippen molar-refractivity contribution in [3.05, 3.63) is 35.7 Å². The number of aromatic nitrogens is 3. The molecular weight excluding hydrogens is 350 g/mol. The fourth-order valence-electron chi connectivity index (χ4n) is 2.89. The summed E-state index contributed by atoms with van der Waals surface area (Å²) in [7, 11) is 1.58. The van der Waals surface area contributed by atoms with Crippen molar-refractivity contribution in [2.45, 2.75) is 42.8 Å². The molecule has 0 spiro atoms. The molecule has 0 radical (unpaired) electrons. The first-order chi connectivity index (χ1) is 12.7. The third-order valence-electron chi connectivity index (χ3n) is 4.51. The normalized spacial score (nSPS) is 16.3. The highest BCUT2D eigenvalue weighted by atomic mass is 32.2. The first-order valence-electron chi connectivity index (χ1n) is 8.85. The summed E-state index contributed by atoms with van der Waals surface area (Å²) in [6.07, 6.45) is 4.73. The second-order valence-electron chi connectivity index (χ2n) is 6.71. The maximum atomic E-state index is 12.3. The van der Waals surface area contributed by atoms with Gasteiger partial charge in [0.2, 0.25) is 5.91 Å². The Kier molecular flexibility index (Phi) is 4.67. The topological polar surface area (TPSA) is 88.9 Å². The molecule has 136 valence electrons. The Balaban J connectivity index is 1.38. The lowest BCUT2D eigenvalue weighted by Crippen LogP contribution is -2.19. The summed E-state index contributed by atoms with van der Waals surface area (Å²) >= 11 is 1.42. The Morgan fingerprint density at radius 1 is 1.23 bits per heavy atom. The van der Waals surface area contributed by atoms with E-state index >= 15 is 0 Å². The number of carbonyl (C=O) groups is 2. The van der Waals surface area contributed by atoms with Gasteiger partial charge < -0.3 is 15.2 Å². The third kappa shape index (κ3) is 3.75. The van der Waals surface area contributed by atoms with Crippen LogP contribution in [0.15, 0.2) is 29.4 Å². The van der Waals surface area contributed by atoms with E-state index in [9.17, 15) is 9.59 Å². The van der Waals surface area contributed by atoms with Gasteiger partial charge in [0, 0.05) is 30.3 Å². The van der Waals surface area contributed by atoms with Crippen molar-refractivity contribution in [3.63, 3.8) is 0 Å². The van der Waals surface area contributed by atoms with Crippen molar-refractivity contribution in [2.75, 3.05) is 18.1 Å². The minimum absolute atomic E-state index is 0.123. The van der Waals surface area contributed by atoms with Gasteiger partial charge in [0.15, 0.2) is 5.16 Å². The van der Waals surface area contributed by atoms with E-state index < -0.39 is 0 Å². The Morgan fingerprint density at radius 3 is 2.73 bits per heavy atom. The molecule has 1 heterocycles. The highest BCUT2D eigenvalue weighted by Crippen LogP contribution is 2.45. The summed E-state index contributed by atoms with van der Waals surface area (Å²) in [6, 6.07) is 7.40. The number of rotatable bonds is 7. The molecule has 1 aromatic heterocycles. The van der Waals surface area contributed by atoms with Gasteiger partial charge in [-0.15, -0.1) is 10.2 Å². The van der Waals surface area contributed by atoms with Crippen molar-refractivity contribution in [1.82, 2.24) is 20.1 Å². The van der Waals surface area contributed by atoms with E-state index in [4.69, 9.17) is 0 Å². The largest absolute Gasteiger partial charge is 0.355 e. The molecule has 0 unspecified atom stereocenters. The van der Waals surface area contributed by atoms with Gasteiger partial charge in [0.05, 0.1) is 5.75 Å². The molecule has 0 atom stereocenters. The van der Waals surface area contributed by atoms with E-state index in [1.807, 2.05) is 0 Å². The van der Waals surface area contributed by atoms with Gasteiger partial charge in [-0.3, -0.25) is 9.59 Å². The summed E-state index contributed by atoms with van der Waals surface area (Å²) in [6.45, 7) is 0. The standard InChI is InChI=1S/C18H21N5O2S/c1-19-17(25)12-3-2-4-13(9-12)20-15(24)10-26-18-22-21-16(11-5-6-11)23(18)14-7-8-14/h2-4,9,11,14H,5-8,10H2,1H3,(H,19,25)(H,20,24).